The first-order valence-electron chi connectivity index (χ1n) is 7.09. The molecule has 0 aliphatic rings. The lowest BCUT2D eigenvalue weighted by Crippen LogP contribution is -2.27. The predicted octanol–water partition coefficient (Wildman–Crippen LogP) is 3.76. The third-order valence-electron chi connectivity index (χ3n) is 3.62. The van der Waals surface area contributed by atoms with Gasteiger partial charge >= 0.3 is 0 Å². The van der Waals surface area contributed by atoms with Gasteiger partial charge in [0.1, 0.15) is 0 Å². The third kappa shape index (κ3) is 3.19. The van der Waals surface area contributed by atoms with Crippen LogP contribution in [0.3, 0.4) is 0 Å². The van der Waals surface area contributed by atoms with Crippen molar-refractivity contribution in [3.8, 4) is 11.3 Å². The fourth-order valence-electron chi connectivity index (χ4n) is 2.05. The standard InChI is InChI=1S/C16H23N3S/c1-5-12(2)19(4)16-18-15(14(20-16)11-17-3)13-9-7-6-8-10-13/h6-10,12,17H,5,11H2,1-4H3. The maximum atomic E-state index is 4.87. The Hall–Kier alpha value is -1.39. The van der Waals surface area contributed by atoms with Crippen LogP contribution in [0.2, 0.25) is 0 Å². The molecule has 1 unspecified atom stereocenters. The number of hydrogen-bond acceptors (Lipinski definition) is 4. The van der Waals surface area contributed by atoms with Crippen molar-refractivity contribution in [1.82, 2.24) is 10.3 Å². The normalized spacial score (nSPS) is 12.4. The highest BCUT2D eigenvalue weighted by atomic mass is 32.1. The minimum Gasteiger partial charge on any atom is -0.348 e. The number of nitrogens with one attached hydrogen (secondary N) is 1. The lowest BCUT2D eigenvalue weighted by Gasteiger charge is -2.22. The van der Waals surface area contributed by atoms with Crippen molar-refractivity contribution < 1.29 is 0 Å². The summed E-state index contributed by atoms with van der Waals surface area (Å²) in [5.41, 5.74) is 2.30. The number of rotatable bonds is 6. The molecule has 1 aromatic carbocycles. The summed E-state index contributed by atoms with van der Waals surface area (Å²) in [6.07, 6.45) is 1.12. The molecule has 108 valence electrons. The molecule has 2 aromatic rings. The first-order chi connectivity index (χ1) is 9.67. The van der Waals surface area contributed by atoms with E-state index in [4.69, 9.17) is 4.98 Å². The van der Waals surface area contributed by atoms with E-state index in [0.717, 1.165) is 23.8 Å². The lowest BCUT2D eigenvalue weighted by molar-refractivity contribution is 0.662. The van der Waals surface area contributed by atoms with E-state index in [9.17, 15) is 0 Å². The van der Waals surface area contributed by atoms with Gasteiger partial charge in [-0.2, -0.15) is 0 Å². The summed E-state index contributed by atoms with van der Waals surface area (Å²) < 4.78 is 0. The summed E-state index contributed by atoms with van der Waals surface area (Å²) in [6, 6.07) is 10.9. The van der Waals surface area contributed by atoms with Crippen LogP contribution in [-0.4, -0.2) is 25.1 Å². The quantitative estimate of drug-likeness (QED) is 0.877. The van der Waals surface area contributed by atoms with E-state index >= 15 is 0 Å². The second-order valence-corrected chi connectivity index (χ2v) is 6.09. The lowest BCUT2D eigenvalue weighted by atomic mass is 10.1. The number of aromatic nitrogens is 1. The molecule has 1 aromatic heterocycles. The van der Waals surface area contributed by atoms with Gasteiger partial charge in [0.15, 0.2) is 5.13 Å². The molecule has 0 saturated carbocycles. The first kappa shape index (κ1) is 15.0. The van der Waals surface area contributed by atoms with Gasteiger partial charge in [-0.25, -0.2) is 4.98 Å². The molecule has 0 spiro atoms. The monoisotopic (exact) mass is 289 g/mol. The molecule has 0 bridgehead atoms. The molecule has 0 radical (unpaired) electrons. The third-order valence-corrected chi connectivity index (χ3v) is 4.77. The van der Waals surface area contributed by atoms with Crippen LogP contribution in [0.4, 0.5) is 5.13 Å². The highest BCUT2D eigenvalue weighted by Crippen LogP contribution is 2.33. The number of thiazole rings is 1. The smallest absolute Gasteiger partial charge is 0.186 e. The largest absolute Gasteiger partial charge is 0.348 e. The van der Waals surface area contributed by atoms with Crippen LogP contribution in [0.25, 0.3) is 11.3 Å². The summed E-state index contributed by atoms with van der Waals surface area (Å²) in [4.78, 5) is 8.44. The molecule has 0 aliphatic carbocycles. The van der Waals surface area contributed by atoms with Gasteiger partial charge in [-0.1, -0.05) is 48.6 Å². The zero-order valence-corrected chi connectivity index (χ0v) is 13.5. The van der Waals surface area contributed by atoms with Crippen LogP contribution in [0, 0.1) is 0 Å². The van der Waals surface area contributed by atoms with Crippen molar-refractivity contribution in [3.63, 3.8) is 0 Å². The fourth-order valence-corrected chi connectivity index (χ4v) is 3.21. The van der Waals surface area contributed by atoms with Gasteiger partial charge in [-0.3, -0.25) is 0 Å². The summed E-state index contributed by atoms with van der Waals surface area (Å²) in [5.74, 6) is 0. The molecule has 0 fully saturated rings. The molecular weight excluding hydrogens is 266 g/mol. The SMILES string of the molecule is CCC(C)N(C)c1nc(-c2ccccc2)c(CNC)s1. The maximum absolute atomic E-state index is 4.87. The van der Waals surface area contributed by atoms with Crippen molar-refractivity contribution >= 4 is 16.5 Å². The van der Waals surface area contributed by atoms with E-state index in [-0.39, 0.29) is 0 Å². The first-order valence-corrected chi connectivity index (χ1v) is 7.91. The van der Waals surface area contributed by atoms with Crippen molar-refractivity contribution in [1.29, 1.82) is 0 Å². The Kier molecular flexibility index (Phi) is 5.15. The molecule has 3 nitrogen and oxygen atoms in total. The van der Waals surface area contributed by atoms with Gasteiger partial charge in [0.25, 0.3) is 0 Å². The van der Waals surface area contributed by atoms with Crippen LogP contribution in [0.1, 0.15) is 25.1 Å². The molecule has 1 heterocycles. The maximum Gasteiger partial charge on any atom is 0.186 e. The summed E-state index contributed by atoms with van der Waals surface area (Å²) in [5, 5.41) is 4.34. The second kappa shape index (κ2) is 6.86. The van der Waals surface area contributed by atoms with Crippen LogP contribution >= 0.6 is 11.3 Å². The minimum atomic E-state index is 0.507. The molecule has 1 N–H and O–H groups in total. The number of anilines is 1. The van der Waals surface area contributed by atoms with Gasteiger partial charge < -0.3 is 10.2 Å². The molecule has 1 atom stereocenters. The fraction of sp³-hybridized carbons (Fsp3) is 0.438. The Morgan fingerprint density at radius 2 is 2.00 bits per heavy atom. The zero-order valence-electron chi connectivity index (χ0n) is 12.7. The van der Waals surface area contributed by atoms with Crippen LogP contribution in [0.15, 0.2) is 30.3 Å². The minimum absolute atomic E-state index is 0.507. The summed E-state index contributed by atoms with van der Waals surface area (Å²) >= 11 is 1.78. The summed E-state index contributed by atoms with van der Waals surface area (Å²) in [7, 11) is 4.11. The number of hydrogen-bond donors (Lipinski definition) is 1. The summed E-state index contributed by atoms with van der Waals surface area (Å²) in [6.45, 7) is 5.30. The van der Waals surface area contributed by atoms with E-state index in [2.05, 4.69) is 55.4 Å². The van der Waals surface area contributed by atoms with Gasteiger partial charge in [0.05, 0.1) is 5.69 Å². The molecule has 0 aliphatic heterocycles. The molecule has 4 heteroatoms. The van der Waals surface area contributed by atoms with E-state index in [0.29, 0.717) is 6.04 Å². The molecule has 0 saturated heterocycles. The molecule has 20 heavy (non-hydrogen) atoms. The van der Waals surface area contributed by atoms with E-state index in [1.54, 1.807) is 11.3 Å². The molecule has 0 amide bonds. The highest BCUT2D eigenvalue weighted by molar-refractivity contribution is 7.16. The van der Waals surface area contributed by atoms with Crippen molar-refractivity contribution in [3.05, 3.63) is 35.2 Å². The highest BCUT2D eigenvalue weighted by Gasteiger charge is 2.17. The molecule has 2 rings (SSSR count). The Morgan fingerprint density at radius 3 is 2.60 bits per heavy atom. The Bertz CT molecular complexity index is 536. The number of benzene rings is 1. The average molecular weight is 289 g/mol. The van der Waals surface area contributed by atoms with E-state index < -0.39 is 0 Å². The van der Waals surface area contributed by atoms with Crippen LogP contribution < -0.4 is 10.2 Å². The number of nitrogens with zero attached hydrogens (tertiary/aromatic N) is 2. The van der Waals surface area contributed by atoms with E-state index in [1.807, 2.05) is 13.1 Å². The van der Waals surface area contributed by atoms with Gasteiger partial charge in [-0.05, 0) is 20.4 Å². The Balaban J connectivity index is 2.38. The van der Waals surface area contributed by atoms with Crippen LogP contribution in [0.5, 0.6) is 0 Å². The van der Waals surface area contributed by atoms with Crippen molar-refractivity contribution in [2.75, 3.05) is 19.0 Å². The van der Waals surface area contributed by atoms with Gasteiger partial charge in [0.2, 0.25) is 0 Å². The van der Waals surface area contributed by atoms with Gasteiger partial charge in [0, 0.05) is 30.1 Å². The Labute approximate surface area is 125 Å². The Morgan fingerprint density at radius 1 is 1.30 bits per heavy atom. The van der Waals surface area contributed by atoms with Crippen molar-refractivity contribution in [2.45, 2.75) is 32.9 Å². The van der Waals surface area contributed by atoms with Crippen molar-refractivity contribution in [2.24, 2.45) is 0 Å². The second-order valence-electron chi connectivity index (χ2n) is 5.03. The van der Waals surface area contributed by atoms with Crippen LogP contribution in [-0.2, 0) is 6.54 Å². The van der Waals surface area contributed by atoms with E-state index in [1.165, 1.54) is 10.4 Å². The average Bonchev–Trinajstić information content (AvgIpc) is 2.91. The zero-order chi connectivity index (χ0) is 14.5. The topological polar surface area (TPSA) is 28.2 Å². The predicted molar refractivity (Wildman–Crippen MR) is 88.5 cm³/mol. The molecular formula is C16H23N3S. The van der Waals surface area contributed by atoms with Gasteiger partial charge in [-0.15, -0.1) is 0 Å².